The molecule has 0 amide bonds. The Hall–Kier alpha value is -2.33. The van der Waals surface area contributed by atoms with E-state index in [1.54, 1.807) is 0 Å². The van der Waals surface area contributed by atoms with Crippen molar-refractivity contribution in [2.24, 2.45) is 0 Å². The summed E-state index contributed by atoms with van der Waals surface area (Å²) in [6.45, 7) is 16.5. The van der Waals surface area contributed by atoms with Crippen molar-refractivity contribution in [1.29, 1.82) is 0 Å². The molecule has 0 bridgehead atoms. The Morgan fingerprint density at radius 1 is 0.867 bits per heavy atom. The van der Waals surface area contributed by atoms with Gasteiger partial charge >= 0.3 is 0 Å². The summed E-state index contributed by atoms with van der Waals surface area (Å²) in [5, 5.41) is 1.17. The monoisotopic (exact) mass is 419 g/mol. The van der Waals surface area contributed by atoms with E-state index in [0.29, 0.717) is 23.2 Å². The van der Waals surface area contributed by atoms with Crippen molar-refractivity contribution < 1.29 is 9.16 Å². The maximum atomic E-state index is 6.94. The van der Waals surface area contributed by atoms with Crippen LogP contribution in [0, 0.1) is 6.92 Å². The second-order valence-electron chi connectivity index (χ2n) is 9.48. The van der Waals surface area contributed by atoms with E-state index in [9.17, 15) is 0 Å². The van der Waals surface area contributed by atoms with Crippen LogP contribution in [0.25, 0.3) is 22.0 Å². The molecule has 1 aliphatic rings. The summed E-state index contributed by atoms with van der Waals surface area (Å²) >= 11 is 0. The van der Waals surface area contributed by atoms with Gasteiger partial charge < -0.3 is 9.16 Å². The van der Waals surface area contributed by atoms with Gasteiger partial charge in [-0.1, -0.05) is 53.7 Å². The van der Waals surface area contributed by atoms with Gasteiger partial charge in [0.2, 0.25) is 0 Å². The maximum absolute atomic E-state index is 6.94. The topological polar surface area (TPSA) is 31.4 Å². The van der Waals surface area contributed by atoms with Crippen molar-refractivity contribution >= 4 is 19.2 Å². The molecule has 30 heavy (non-hydrogen) atoms. The highest BCUT2D eigenvalue weighted by Gasteiger charge is 2.47. The van der Waals surface area contributed by atoms with E-state index in [4.69, 9.17) is 9.16 Å². The van der Waals surface area contributed by atoms with Crippen molar-refractivity contribution in [3.63, 3.8) is 0 Å². The standard InChI is InChI=1S/C26H33NO2Si/c1-16(2)30(17(3)4,18(5)6)29-20-9-13-26-23(14-20)21-11-12-25-22(24(21)15-28-26)10-8-19(7)27-25/h8-14,16-18H,15H2,1-7H3. The number of pyridine rings is 1. The van der Waals surface area contributed by atoms with E-state index < -0.39 is 8.32 Å². The van der Waals surface area contributed by atoms with Crippen LogP contribution in [-0.4, -0.2) is 13.3 Å². The first-order valence-corrected chi connectivity index (χ1v) is 13.2. The number of aromatic nitrogens is 1. The van der Waals surface area contributed by atoms with Gasteiger partial charge in [-0.15, -0.1) is 0 Å². The summed E-state index contributed by atoms with van der Waals surface area (Å²) in [5.41, 5.74) is 7.23. The number of aryl methyl sites for hydroxylation is 1. The minimum atomic E-state index is -2.01. The van der Waals surface area contributed by atoms with Crippen molar-refractivity contribution in [1.82, 2.24) is 4.98 Å². The Kier molecular flexibility index (Phi) is 5.39. The van der Waals surface area contributed by atoms with Crippen molar-refractivity contribution in [2.75, 3.05) is 0 Å². The third-order valence-electron chi connectivity index (χ3n) is 6.74. The van der Waals surface area contributed by atoms with E-state index in [1.807, 2.05) is 6.92 Å². The van der Waals surface area contributed by atoms with Gasteiger partial charge in [0.05, 0.1) is 5.52 Å². The molecule has 1 aromatic heterocycles. The van der Waals surface area contributed by atoms with Gasteiger partial charge in [0, 0.05) is 22.2 Å². The second kappa shape index (κ2) is 7.73. The first-order valence-electron chi connectivity index (χ1n) is 11.1. The lowest BCUT2D eigenvalue weighted by Gasteiger charge is -2.42. The highest BCUT2D eigenvalue weighted by atomic mass is 28.4. The minimum absolute atomic E-state index is 0.537. The van der Waals surface area contributed by atoms with Gasteiger partial charge in [-0.25, -0.2) is 0 Å². The zero-order chi connectivity index (χ0) is 21.6. The molecule has 0 aliphatic carbocycles. The number of hydrogen-bond donors (Lipinski definition) is 0. The van der Waals surface area contributed by atoms with Crippen molar-refractivity contribution in [3.05, 3.63) is 53.7 Å². The van der Waals surface area contributed by atoms with Crippen LogP contribution in [-0.2, 0) is 6.61 Å². The van der Waals surface area contributed by atoms with Crippen LogP contribution in [0.15, 0.2) is 42.5 Å². The van der Waals surface area contributed by atoms with Crippen molar-refractivity contribution in [2.45, 2.75) is 71.7 Å². The minimum Gasteiger partial charge on any atom is -0.543 e. The molecule has 4 heteroatoms. The first kappa shape index (κ1) is 20.9. The summed E-state index contributed by atoms with van der Waals surface area (Å²) in [4.78, 5) is 4.69. The predicted octanol–water partition coefficient (Wildman–Crippen LogP) is 7.66. The van der Waals surface area contributed by atoms with E-state index >= 15 is 0 Å². The lowest BCUT2D eigenvalue weighted by atomic mass is 9.93. The summed E-state index contributed by atoms with van der Waals surface area (Å²) in [6.07, 6.45) is 0. The number of hydrogen-bond acceptors (Lipinski definition) is 3. The lowest BCUT2D eigenvalue weighted by Crippen LogP contribution is -2.50. The molecule has 0 radical (unpaired) electrons. The first-order chi connectivity index (χ1) is 14.2. The molecule has 0 saturated carbocycles. The molecule has 1 aliphatic heterocycles. The summed E-state index contributed by atoms with van der Waals surface area (Å²) in [6, 6.07) is 14.9. The number of rotatable bonds is 5. The third kappa shape index (κ3) is 3.31. The SMILES string of the molecule is Cc1ccc2c3c(ccc2n1)-c1cc(O[Si](C(C)C)(C(C)C)C(C)C)ccc1OC3. The van der Waals surface area contributed by atoms with Crippen LogP contribution in [0.1, 0.15) is 52.8 Å². The van der Waals surface area contributed by atoms with Gasteiger partial charge in [0.25, 0.3) is 8.32 Å². The summed E-state index contributed by atoms with van der Waals surface area (Å²) in [7, 11) is -2.01. The quantitative estimate of drug-likeness (QED) is 0.398. The van der Waals surface area contributed by atoms with Crippen LogP contribution in [0.2, 0.25) is 16.6 Å². The number of ether oxygens (including phenoxy) is 1. The Morgan fingerprint density at radius 3 is 2.23 bits per heavy atom. The third-order valence-corrected chi connectivity index (χ3v) is 12.7. The Bertz CT molecular complexity index is 1070. The number of benzene rings is 2. The van der Waals surface area contributed by atoms with Crippen LogP contribution >= 0.6 is 0 Å². The molecule has 3 nitrogen and oxygen atoms in total. The number of nitrogens with zero attached hydrogens (tertiary/aromatic N) is 1. The molecule has 2 aromatic carbocycles. The highest BCUT2D eigenvalue weighted by Crippen LogP contribution is 2.46. The predicted molar refractivity (Wildman–Crippen MR) is 128 cm³/mol. The van der Waals surface area contributed by atoms with Crippen LogP contribution in [0.5, 0.6) is 11.5 Å². The molecule has 4 rings (SSSR count). The van der Waals surface area contributed by atoms with Crippen LogP contribution in [0.4, 0.5) is 0 Å². The van der Waals surface area contributed by atoms with Crippen LogP contribution < -0.4 is 9.16 Å². The fourth-order valence-electron chi connectivity index (χ4n) is 5.39. The van der Waals surface area contributed by atoms with Gasteiger partial charge in [-0.05, 0) is 59.4 Å². The summed E-state index contributed by atoms with van der Waals surface area (Å²) in [5.74, 6) is 1.90. The number of fused-ring (bicyclic) bond motifs is 5. The molecule has 0 saturated heterocycles. The molecular formula is C26H33NO2Si. The zero-order valence-electron chi connectivity index (χ0n) is 19.2. The van der Waals surface area contributed by atoms with Crippen LogP contribution in [0.3, 0.4) is 0 Å². The molecule has 0 unspecified atom stereocenters. The average molecular weight is 420 g/mol. The average Bonchev–Trinajstić information content (AvgIpc) is 2.70. The lowest BCUT2D eigenvalue weighted by molar-refractivity contribution is 0.303. The Labute approximate surface area is 181 Å². The molecular weight excluding hydrogens is 386 g/mol. The molecule has 0 atom stereocenters. The largest absolute Gasteiger partial charge is 0.543 e. The molecule has 3 aromatic rings. The molecule has 158 valence electrons. The van der Waals surface area contributed by atoms with E-state index in [2.05, 4.69) is 89.0 Å². The van der Waals surface area contributed by atoms with Gasteiger partial charge in [-0.2, -0.15) is 0 Å². The maximum Gasteiger partial charge on any atom is 0.258 e. The fraction of sp³-hybridized carbons (Fsp3) is 0.423. The molecule has 2 heterocycles. The van der Waals surface area contributed by atoms with Gasteiger partial charge in [0.15, 0.2) is 0 Å². The van der Waals surface area contributed by atoms with E-state index in [0.717, 1.165) is 28.3 Å². The highest BCUT2D eigenvalue weighted by molar-refractivity contribution is 6.78. The molecule has 0 spiro atoms. The molecule has 0 N–H and O–H groups in total. The smallest absolute Gasteiger partial charge is 0.258 e. The Morgan fingerprint density at radius 2 is 1.57 bits per heavy atom. The van der Waals surface area contributed by atoms with Crippen molar-refractivity contribution in [3.8, 4) is 22.6 Å². The molecule has 0 fully saturated rings. The fourth-order valence-corrected chi connectivity index (χ4v) is 10.6. The van der Waals surface area contributed by atoms with E-state index in [-0.39, 0.29) is 0 Å². The van der Waals surface area contributed by atoms with Gasteiger partial charge in [0.1, 0.15) is 18.1 Å². The Balaban J connectivity index is 1.81. The summed E-state index contributed by atoms with van der Waals surface area (Å²) < 4.78 is 13.1. The normalized spacial score (nSPS) is 13.5. The van der Waals surface area contributed by atoms with E-state index in [1.165, 1.54) is 16.5 Å². The van der Waals surface area contributed by atoms with Gasteiger partial charge in [-0.3, -0.25) is 4.98 Å². The zero-order valence-corrected chi connectivity index (χ0v) is 20.2. The second-order valence-corrected chi connectivity index (χ2v) is 14.9.